The summed E-state index contributed by atoms with van der Waals surface area (Å²) in [5, 5.41) is 0. The Morgan fingerprint density at radius 2 is 0.479 bits per heavy atom. The number of hydrogen-bond acceptors (Lipinski definition) is 0. The Kier molecular flexibility index (Phi) is 34.9. The third-order valence-corrected chi connectivity index (χ3v) is 10.2. The lowest BCUT2D eigenvalue weighted by Crippen LogP contribution is -3.00. The summed E-state index contributed by atoms with van der Waals surface area (Å²) in [6.07, 6.45) is 51.9. The fourth-order valence-corrected chi connectivity index (χ4v) is 6.93. The molecular weight excluding hydrogens is 627 g/mol. The van der Waals surface area contributed by atoms with Gasteiger partial charge in [0.05, 0.1) is 0 Å². The molecule has 0 fully saturated rings. The largest absolute Gasteiger partial charge is 1.00 e. The standard InChI is InChI=1S/C44H78N2.2ClH/c1-3-5-7-9-11-13-15-17-19-21-23-25-27-29-31-37-45-39-33-43(34-40-45)44-35-41-46(42-36-44)38-32-30-28-26-24-22-20-18-16-14-12-10-8-6-4-2;;/h33-36,39-42H,3-32,37-38H2,1-2H3;2*1H/q+2;;/p-2. The Morgan fingerprint density at radius 1 is 0.292 bits per heavy atom. The van der Waals surface area contributed by atoms with Crippen LogP contribution in [0.25, 0.3) is 11.1 Å². The second-order valence-electron chi connectivity index (χ2n) is 14.5. The topological polar surface area (TPSA) is 7.76 Å². The number of unbranched alkanes of at least 4 members (excludes halogenated alkanes) is 28. The lowest BCUT2D eigenvalue weighted by Gasteiger charge is -2.04. The molecule has 0 saturated heterocycles. The van der Waals surface area contributed by atoms with Crippen LogP contribution in [0.5, 0.6) is 0 Å². The zero-order valence-corrected chi connectivity index (χ0v) is 33.4. The highest BCUT2D eigenvalue weighted by atomic mass is 35.5. The summed E-state index contributed by atoms with van der Waals surface area (Å²) in [5.41, 5.74) is 2.65. The van der Waals surface area contributed by atoms with E-state index in [1.165, 1.54) is 204 Å². The van der Waals surface area contributed by atoms with Crippen LogP contribution in [0.3, 0.4) is 0 Å². The molecule has 0 N–H and O–H groups in total. The predicted octanol–water partition coefficient (Wildman–Crippen LogP) is 7.68. The van der Waals surface area contributed by atoms with Gasteiger partial charge in [0.15, 0.2) is 24.8 Å². The van der Waals surface area contributed by atoms with Crippen LogP contribution in [0.2, 0.25) is 0 Å². The maximum absolute atomic E-state index is 2.37. The SMILES string of the molecule is CCCCCCCCCCCCCCCCC[n+]1ccc(-c2cc[n+](CCCCCCCCCCCCCCCCC)cc2)cc1.[Cl-].[Cl-]. The summed E-state index contributed by atoms with van der Waals surface area (Å²) in [7, 11) is 0. The average Bonchev–Trinajstić information content (AvgIpc) is 3.09. The minimum atomic E-state index is 0. The van der Waals surface area contributed by atoms with E-state index in [9.17, 15) is 0 Å². The van der Waals surface area contributed by atoms with Gasteiger partial charge in [0.1, 0.15) is 13.1 Å². The van der Waals surface area contributed by atoms with E-state index in [2.05, 4.69) is 72.0 Å². The number of halogens is 2. The number of aromatic nitrogens is 2. The van der Waals surface area contributed by atoms with Crippen LogP contribution in [0, 0.1) is 0 Å². The Labute approximate surface area is 312 Å². The van der Waals surface area contributed by atoms with Gasteiger partial charge in [-0.25, -0.2) is 9.13 Å². The van der Waals surface area contributed by atoms with E-state index in [4.69, 9.17) is 0 Å². The molecule has 0 unspecified atom stereocenters. The molecule has 0 aliphatic rings. The van der Waals surface area contributed by atoms with Crippen LogP contribution in [-0.4, -0.2) is 0 Å². The Hall–Kier alpha value is -1.12. The van der Waals surface area contributed by atoms with Crippen LogP contribution in [0.1, 0.15) is 206 Å². The molecule has 2 aromatic rings. The van der Waals surface area contributed by atoms with Crippen molar-refractivity contribution in [3.8, 4) is 11.1 Å². The molecule has 0 bridgehead atoms. The zero-order chi connectivity index (χ0) is 32.6. The van der Waals surface area contributed by atoms with Gasteiger partial charge in [-0.1, -0.05) is 181 Å². The maximum Gasteiger partial charge on any atom is 0.169 e. The van der Waals surface area contributed by atoms with Crippen LogP contribution in [0.15, 0.2) is 49.1 Å². The summed E-state index contributed by atoms with van der Waals surface area (Å²) in [6, 6.07) is 9.16. The lowest BCUT2D eigenvalue weighted by atomic mass is 10.0. The lowest BCUT2D eigenvalue weighted by molar-refractivity contribution is -0.697. The first kappa shape index (κ1) is 46.9. The second kappa shape index (κ2) is 35.7. The van der Waals surface area contributed by atoms with Gasteiger partial charge >= 0.3 is 0 Å². The van der Waals surface area contributed by atoms with Crippen molar-refractivity contribution < 1.29 is 33.9 Å². The highest BCUT2D eigenvalue weighted by Crippen LogP contribution is 2.17. The van der Waals surface area contributed by atoms with Crippen LogP contribution >= 0.6 is 0 Å². The molecule has 0 atom stereocenters. The molecule has 0 aliphatic carbocycles. The van der Waals surface area contributed by atoms with E-state index in [0.29, 0.717) is 0 Å². The normalized spacial score (nSPS) is 11.0. The summed E-state index contributed by atoms with van der Waals surface area (Å²) in [5.74, 6) is 0. The van der Waals surface area contributed by atoms with Crippen molar-refractivity contribution in [2.24, 2.45) is 0 Å². The first-order chi connectivity index (χ1) is 22.8. The van der Waals surface area contributed by atoms with E-state index >= 15 is 0 Å². The van der Waals surface area contributed by atoms with Gasteiger partial charge in [0.2, 0.25) is 0 Å². The van der Waals surface area contributed by atoms with Gasteiger partial charge in [0.25, 0.3) is 0 Å². The predicted molar refractivity (Wildman–Crippen MR) is 202 cm³/mol. The third kappa shape index (κ3) is 26.7. The highest BCUT2D eigenvalue weighted by Gasteiger charge is 2.06. The summed E-state index contributed by atoms with van der Waals surface area (Å²) in [6.45, 7) is 6.90. The monoisotopic (exact) mass is 705 g/mol. The minimum absolute atomic E-state index is 0. The smallest absolute Gasteiger partial charge is 0.169 e. The minimum Gasteiger partial charge on any atom is -1.00 e. The Morgan fingerprint density at radius 3 is 0.688 bits per heavy atom. The maximum atomic E-state index is 2.37. The zero-order valence-electron chi connectivity index (χ0n) is 31.9. The Balaban J connectivity index is 0.0000110. The van der Waals surface area contributed by atoms with Crippen LogP contribution in [0.4, 0.5) is 0 Å². The third-order valence-electron chi connectivity index (χ3n) is 10.2. The van der Waals surface area contributed by atoms with Gasteiger partial charge in [0, 0.05) is 37.1 Å². The number of hydrogen-bond donors (Lipinski definition) is 0. The molecule has 2 aromatic heterocycles. The van der Waals surface area contributed by atoms with Crippen molar-refractivity contribution in [1.82, 2.24) is 0 Å². The van der Waals surface area contributed by atoms with E-state index in [-0.39, 0.29) is 24.8 Å². The molecule has 0 spiro atoms. The van der Waals surface area contributed by atoms with Gasteiger partial charge in [-0.05, 0) is 24.0 Å². The molecule has 4 heteroatoms. The van der Waals surface area contributed by atoms with E-state index in [1.807, 2.05) is 0 Å². The van der Waals surface area contributed by atoms with Crippen molar-refractivity contribution in [2.45, 2.75) is 220 Å². The molecule has 2 rings (SSSR count). The summed E-state index contributed by atoms with van der Waals surface area (Å²) in [4.78, 5) is 0. The molecule has 48 heavy (non-hydrogen) atoms. The van der Waals surface area contributed by atoms with Crippen LogP contribution < -0.4 is 33.9 Å². The molecule has 2 nitrogen and oxygen atoms in total. The van der Waals surface area contributed by atoms with Crippen LogP contribution in [-0.2, 0) is 13.1 Å². The van der Waals surface area contributed by atoms with Crippen molar-refractivity contribution >= 4 is 0 Å². The fourth-order valence-electron chi connectivity index (χ4n) is 6.93. The molecule has 278 valence electrons. The molecule has 0 aromatic carbocycles. The molecule has 0 saturated carbocycles. The Bertz CT molecular complexity index is 824. The summed E-state index contributed by atoms with van der Waals surface area (Å²) < 4.78 is 4.73. The first-order valence-electron chi connectivity index (χ1n) is 20.8. The number of pyridine rings is 2. The molecule has 2 heterocycles. The quantitative estimate of drug-likeness (QED) is 0.0532. The van der Waals surface area contributed by atoms with Crippen molar-refractivity contribution in [2.75, 3.05) is 0 Å². The van der Waals surface area contributed by atoms with E-state index in [1.54, 1.807) is 0 Å². The van der Waals surface area contributed by atoms with Crippen molar-refractivity contribution in [3.63, 3.8) is 0 Å². The first-order valence-corrected chi connectivity index (χ1v) is 20.8. The molecular formula is C44H78Cl2N2. The number of nitrogens with zero attached hydrogens (tertiary/aromatic N) is 2. The average molecular weight is 706 g/mol. The summed E-state index contributed by atoms with van der Waals surface area (Å²) >= 11 is 0. The molecule has 0 amide bonds. The van der Waals surface area contributed by atoms with Gasteiger partial charge in [-0.2, -0.15) is 0 Å². The van der Waals surface area contributed by atoms with E-state index < -0.39 is 0 Å². The van der Waals surface area contributed by atoms with E-state index in [0.717, 1.165) is 13.1 Å². The number of aryl methyl sites for hydroxylation is 2. The van der Waals surface area contributed by atoms with Crippen molar-refractivity contribution in [3.05, 3.63) is 49.1 Å². The molecule has 0 radical (unpaired) electrons. The second-order valence-corrected chi connectivity index (χ2v) is 14.5. The highest BCUT2D eigenvalue weighted by molar-refractivity contribution is 5.60. The van der Waals surface area contributed by atoms with Gasteiger partial charge in [-0.3, -0.25) is 0 Å². The molecule has 0 aliphatic heterocycles. The van der Waals surface area contributed by atoms with Crippen molar-refractivity contribution in [1.29, 1.82) is 0 Å². The van der Waals surface area contributed by atoms with Gasteiger partial charge in [-0.15, -0.1) is 0 Å². The number of rotatable bonds is 33. The fraction of sp³-hybridized carbons (Fsp3) is 0.773. The van der Waals surface area contributed by atoms with Gasteiger partial charge < -0.3 is 24.8 Å².